The van der Waals surface area contributed by atoms with Gasteiger partial charge < -0.3 is 75.8 Å². The van der Waals surface area contributed by atoms with E-state index in [0.29, 0.717) is 136 Å². The second kappa shape index (κ2) is 19.2. The van der Waals surface area contributed by atoms with Gasteiger partial charge in [-0.1, -0.05) is 0 Å². The van der Waals surface area contributed by atoms with E-state index < -0.39 is 0 Å². The van der Waals surface area contributed by atoms with Crippen molar-refractivity contribution in [3.8, 4) is 92.0 Å². The fourth-order valence-electron chi connectivity index (χ4n) is 8.51. The number of rotatable bonds is 16. The van der Waals surface area contributed by atoms with Gasteiger partial charge in [0.1, 0.15) is 23.0 Å². The predicted octanol–water partition coefficient (Wildman–Crippen LogP) is 6.50. The number of benzene rings is 4. The molecule has 60 heavy (non-hydrogen) atoms. The summed E-state index contributed by atoms with van der Waals surface area (Å²) in [7, 11) is 24.8. The lowest BCUT2D eigenvalue weighted by molar-refractivity contribution is 0.304. The van der Waals surface area contributed by atoms with Crippen molar-refractivity contribution in [1.29, 1.82) is 0 Å². The lowest BCUT2D eigenvalue weighted by Crippen LogP contribution is -2.14. The highest BCUT2D eigenvalue weighted by Crippen LogP contribution is 2.59. The van der Waals surface area contributed by atoms with Crippen LogP contribution in [0.2, 0.25) is 0 Å². The summed E-state index contributed by atoms with van der Waals surface area (Å²) in [6.45, 7) is 0. The lowest BCUT2D eigenvalue weighted by Gasteiger charge is -2.29. The van der Waals surface area contributed by atoms with Gasteiger partial charge in [-0.25, -0.2) is 0 Å². The second-order valence-electron chi connectivity index (χ2n) is 13.1. The Bertz CT molecular complexity index is 1780. The number of fused-ring (bicyclic) bond motifs is 8. The summed E-state index contributed by atoms with van der Waals surface area (Å²) in [5.41, 5.74) is 4.53. The fraction of sp³-hybridized carbons (Fsp3) is 0.455. The first-order chi connectivity index (χ1) is 29.1. The molecule has 0 radical (unpaired) electrons. The topological polar surface area (TPSA) is 148 Å². The van der Waals surface area contributed by atoms with Gasteiger partial charge in [-0.15, -0.1) is 0 Å². The number of methoxy groups -OCH3 is 16. The summed E-state index contributed by atoms with van der Waals surface area (Å²) in [6, 6.07) is 0. The first kappa shape index (κ1) is 44.8. The predicted molar refractivity (Wildman–Crippen MR) is 222 cm³/mol. The van der Waals surface area contributed by atoms with Crippen molar-refractivity contribution in [2.24, 2.45) is 0 Å². The van der Waals surface area contributed by atoms with E-state index in [9.17, 15) is 0 Å². The maximum absolute atomic E-state index is 6.34. The van der Waals surface area contributed by atoms with Gasteiger partial charge in [0.15, 0.2) is 46.0 Å². The molecule has 0 saturated heterocycles. The number of hydrogen-bond acceptors (Lipinski definition) is 16. The summed E-state index contributed by atoms with van der Waals surface area (Å²) in [4.78, 5) is 0. The molecule has 0 fully saturated rings. The molecule has 1 aliphatic rings. The van der Waals surface area contributed by atoms with Crippen LogP contribution in [0.4, 0.5) is 0 Å². The van der Waals surface area contributed by atoms with E-state index in [2.05, 4.69) is 0 Å². The molecule has 0 aromatic heterocycles. The third-order valence-electron chi connectivity index (χ3n) is 10.7. The van der Waals surface area contributed by atoms with Crippen LogP contribution < -0.4 is 75.8 Å². The van der Waals surface area contributed by atoms with E-state index in [1.54, 1.807) is 85.3 Å². The quantitative estimate of drug-likeness (QED) is 0.106. The van der Waals surface area contributed by atoms with E-state index in [1.165, 1.54) is 28.4 Å². The van der Waals surface area contributed by atoms with Crippen molar-refractivity contribution in [3.05, 3.63) is 44.5 Å². The Morgan fingerprint density at radius 2 is 0.250 bits per heavy atom. The van der Waals surface area contributed by atoms with Crippen LogP contribution in [0, 0.1) is 0 Å². The maximum atomic E-state index is 6.34. The molecule has 0 N–H and O–H groups in total. The molecule has 0 aliphatic heterocycles. The summed E-state index contributed by atoms with van der Waals surface area (Å²) < 4.78 is 98.7. The van der Waals surface area contributed by atoms with E-state index in [-0.39, 0.29) is 25.7 Å². The van der Waals surface area contributed by atoms with E-state index in [0.717, 1.165) is 0 Å². The normalized spacial score (nSPS) is 11.7. The molecule has 0 unspecified atom stereocenters. The van der Waals surface area contributed by atoms with Gasteiger partial charge in [0.25, 0.3) is 0 Å². The third-order valence-corrected chi connectivity index (χ3v) is 10.7. The minimum Gasteiger partial charge on any atom is -0.496 e. The molecule has 16 heteroatoms. The average molecular weight is 841 g/mol. The van der Waals surface area contributed by atoms with Gasteiger partial charge in [0.2, 0.25) is 23.0 Å². The van der Waals surface area contributed by atoms with E-state index >= 15 is 0 Å². The van der Waals surface area contributed by atoms with Gasteiger partial charge in [0, 0.05) is 70.2 Å². The Kier molecular flexibility index (Phi) is 14.3. The molecule has 0 spiro atoms. The minimum absolute atomic E-state index is 0.0936. The highest BCUT2D eigenvalue weighted by Gasteiger charge is 2.38. The lowest BCUT2D eigenvalue weighted by atomic mass is 9.88. The molecular weight excluding hydrogens is 784 g/mol. The monoisotopic (exact) mass is 840 g/mol. The molecule has 0 atom stereocenters. The van der Waals surface area contributed by atoms with Crippen molar-refractivity contribution in [3.63, 3.8) is 0 Å². The van der Waals surface area contributed by atoms with Crippen molar-refractivity contribution in [1.82, 2.24) is 0 Å². The Hall–Kier alpha value is -6.32. The zero-order chi connectivity index (χ0) is 44.0. The summed E-state index contributed by atoms with van der Waals surface area (Å²) in [5, 5.41) is 0. The molecule has 4 aromatic carbocycles. The largest absolute Gasteiger partial charge is 0.496 e. The molecular formula is C44H56O16. The first-order valence-electron chi connectivity index (χ1n) is 18.6. The molecule has 0 saturated carbocycles. The molecule has 0 amide bonds. The number of hydrogen-bond donors (Lipinski definition) is 0. The SMILES string of the molecule is COc1c2c(OC)c(OC)c(OC)c1Cc1c(OC)c(c(OC)c(OC)c1OC)Cc1c(OC)c(c(OC)c(OC)c1OC)Cc1c(OC)c(c(OC)c(OC)c1OC)C2. The van der Waals surface area contributed by atoms with Crippen LogP contribution in [0.15, 0.2) is 0 Å². The summed E-state index contributed by atoms with van der Waals surface area (Å²) >= 11 is 0. The summed E-state index contributed by atoms with van der Waals surface area (Å²) in [5.74, 6) is 5.65. The van der Waals surface area contributed by atoms with Crippen LogP contribution in [-0.2, 0) is 25.7 Å². The Morgan fingerprint density at radius 1 is 0.150 bits per heavy atom. The zero-order valence-corrected chi connectivity index (χ0v) is 37.4. The van der Waals surface area contributed by atoms with Gasteiger partial charge >= 0.3 is 0 Å². The van der Waals surface area contributed by atoms with Crippen molar-refractivity contribution < 1.29 is 75.8 Å². The second-order valence-corrected chi connectivity index (χ2v) is 13.1. The molecule has 1 aliphatic carbocycles. The van der Waals surface area contributed by atoms with Crippen LogP contribution in [0.5, 0.6) is 92.0 Å². The Balaban J connectivity index is 2.19. The smallest absolute Gasteiger partial charge is 0.204 e. The standard InChI is InChI=1S/C44H56O16/c1-45-29-21-17-23-30(46-2)25(37(53-9)42(58-14)35(23)51-7)19-27-32(48-4)28(40(56-12)44(60-16)39(27)55-11)20-26-31(47-3)24(36(52-8)43(59-15)38(26)54-10)18-22(29)34(50-6)41(57-13)33(21)49-5/h17-20H2,1-16H3. The van der Waals surface area contributed by atoms with Crippen molar-refractivity contribution >= 4 is 0 Å². The van der Waals surface area contributed by atoms with Gasteiger partial charge in [-0.3, -0.25) is 0 Å². The third kappa shape index (κ3) is 7.00. The molecule has 16 nitrogen and oxygen atoms in total. The summed E-state index contributed by atoms with van der Waals surface area (Å²) in [6.07, 6.45) is 0.374. The van der Waals surface area contributed by atoms with E-state index in [1.807, 2.05) is 0 Å². The molecule has 5 rings (SSSR count). The van der Waals surface area contributed by atoms with Gasteiger partial charge in [0.05, 0.1) is 114 Å². The fourth-order valence-corrected chi connectivity index (χ4v) is 8.51. The average Bonchev–Trinajstić information content (AvgIpc) is 3.27. The van der Waals surface area contributed by atoms with Crippen LogP contribution >= 0.6 is 0 Å². The maximum Gasteiger partial charge on any atom is 0.204 e. The van der Waals surface area contributed by atoms with E-state index in [4.69, 9.17) is 75.8 Å². The Labute approximate surface area is 351 Å². The number of ether oxygens (including phenoxy) is 16. The Morgan fingerprint density at radius 3 is 0.333 bits per heavy atom. The van der Waals surface area contributed by atoms with Gasteiger partial charge in [-0.2, -0.15) is 0 Å². The highest BCUT2D eigenvalue weighted by molar-refractivity contribution is 5.77. The van der Waals surface area contributed by atoms with Crippen LogP contribution in [0.25, 0.3) is 0 Å². The van der Waals surface area contributed by atoms with Crippen molar-refractivity contribution in [2.75, 3.05) is 114 Å². The molecule has 0 heterocycles. The van der Waals surface area contributed by atoms with Crippen LogP contribution in [0.3, 0.4) is 0 Å². The molecule has 4 aromatic rings. The minimum atomic E-state index is 0.0936. The van der Waals surface area contributed by atoms with Crippen molar-refractivity contribution in [2.45, 2.75) is 25.7 Å². The van der Waals surface area contributed by atoms with Crippen LogP contribution in [-0.4, -0.2) is 114 Å². The molecule has 8 bridgehead atoms. The zero-order valence-electron chi connectivity index (χ0n) is 37.4. The molecule has 328 valence electrons. The van der Waals surface area contributed by atoms with Crippen LogP contribution in [0.1, 0.15) is 44.5 Å². The highest BCUT2D eigenvalue weighted by atomic mass is 16.6. The first-order valence-corrected chi connectivity index (χ1v) is 18.6. The van der Waals surface area contributed by atoms with Gasteiger partial charge in [-0.05, 0) is 0 Å².